The lowest BCUT2D eigenvalue weighted by atomic mass is 10.1. The number of benzene rings is 1. The normalized spacial score (nSPS) is 14.3. The predicted molar refractivity (Wildman–Crippen MR) is 148 cm³/mol. The van der Waals surface area contributed by atoms with E-state index in [2.05, 4.69) is 46.6 Å². The van der Waals surface area contributed by atoms with Crippen LogP contribution in [0, 0.1) is 11.8 Å². The summed E-state index contributed by atoms with van der Waals surface area (Å²) in [7, 11) is 2.00. The molecule has 1 aliphatic heterocycles. The SMILES string of the molecule is CN1CCN(Cc2ccc(NC(=O)c3cncc(C#Cc4cnc(N)c5ncccc45)c3)cc2OC(F)(F)F)CC1. The van der Waals surface area contributed by atoms with Gasteiger partial charge in [-0.25, -0.2) is 4.98 Å². The lowest BCUT2D eigenvalue weighted by Gasteiger charge is -2.32. The van der Waals surface area contributed by atoms with Crippen LogP contribution in [-0.2, 0) is 6.54 Å². The number of halogens is 3. The Bertz CT molecular complexity index is 1640. The first kappa shape index (κ1) is 27.8. The Hall–Kier alpha value is -4.73. The van der Waals surface area contributed by atoms with Gasteiger partial charge in [0.05, 0.1) is 11.1 Å². The van der Waals surface area contributed by atoms with Gasteiger partial charge in [-0.2, -0.15) is 0 Å². The summed E-state index contributed by atoms with van der Waals surface area (Å²) in [5, 5.41) is 3.36. The molecule has 210 valence electrons. The third-order valence-electron chi connectivity index (χ3n) is 6.56. The molecule has 1 aromatic carbocycles. The van der Waals surface area contributed by atoms with Gasteiger partial charge in [0.2, 0.25) is 0 Å². The predicted octanol–water partition coefficient (Wildman–Crippen LogP) is 3.91. The van der Waals surface area contributed by atoms with Crippen LogP contribution in [0.25, 0.3) is 10.9 Å². The highest BCUT2D eigenvalue weighted by atomic mass is 19.4. The van der Waals surface area contributed by atoms with Crippen molar-refractivity contribution in [2.24, 2.45) is 0 Å². The fourth-order valence-electron chi connectivity index (χ4n) is 4.40. The highest BCUT2D eigenvalue weighted by molar-refractivity contribution is 6.04. The Morgan fingerprint density at radius 1 is 1.07 bits per heavy atom. The number of pyridine rings is 3. The van der Waals surface area contributed by atoms with Gasteiger partial charge in [-0.1, -0.05) is 17.9 Å². The first-order valence-electron chi connectivity index (χ1n) is 12.7. The molecule has 9 nitrogen and oxygen atoms in total. The first-order chi connectivity index (χ1) is 19.6. The molecule has 1 fully saturated rings. The molecule has 0 radical (unpaired) electrons. The van der Waals surface area contributed by atoms with Crippen LogP contribution in [0.2, 0.25) is 0 Å². The lowest BCUT2D eigenvalue weighted by Crippen LogP contribution is -2.43. The fraction of sp³-hybridized carbons (Fsp3) is 0.241. The lowest BCUT2D eigenvalue weighted by molar-refractivity contribution is -0.275. The minimum atomic E-state index is -4.88. The van der Waals surface area contributed by atoms with E-state index in [0.717, 1.165) is 31.6 Å². The molecule has 0 atom stereocenters. The summed E-state index contributed by atoms with van der Waals surface area (Å²) < 4.78 is 43.9. The van der Waals surface area contributed by atoms with Crippen molar-refractivity contribution in [3.05, 3.63) is 83.4 Å². The molecule has 0 spiro atoms. The number of rotatable bonds is 5. The van der Waals surface area contributed by atoms with Crippen LogP contribution in [0.15, 0.2) is 61.2 Å². The molecule has 12 heteroatoms. The number of carbonyl (C=O) groups is 1. The molecule has 4 heterocycles. The topological polar surface area (TPSA) is 110 Å². The Morgan fingerprint density at radius 3 is 2.66 bits per heavy atom. The van der Waals surface area contributed by atoms with Crippen LogP contribution < -0.4 is 15.8 Å². The average molecular weight is 562 g/mol. The number of aromatic nitrogens is 3. The molecule has 1 aliphatic rings. The van der Waals surface area contributed by atoms with E-state index in [-0.39, 0.29) is 17.0 Å². The molecule has 3 N–H and O–H groups in total. The average Bonchev–Trinajstić information content (AvgIpc) is 2.95. The van der Waals surface area contributed by atoms with Gasteiger partial charge >= 0.3 is 6.36 Å². The van der Waals surface area contributed by atoms with Gasteiger partial charge in [0.15, 0.2) is 0 Å². The highest BCUT2D eigenvalue weighted by Crippen LogP contribution is 2.31. The summed E-state index contributed by atoms with van der Waals surface area (Å²) in [5.41, 5.74) is 8.20. The summed E-state index contributed by atoms with van der Waals surface area (Å²) >= 11 is 0. The number of nitrogens with two attached hydrogens (primary N) is 1. The number of amides is 1. The molecule has 0 saturated carbocycles. The monoisotopic (exact) mass is 561 g/mol. The van der Waals surface area contributed by atoms with Crippen molar-refractivity contribution in [2.75, 3.05) is 44.3 Å². The molecule has 0 unspecified atom stereocenters. The van der Waals surface area contributed by atoms with Crippen molar-refractivity contribution < 1.29 is 22.7 Å². The maximum atomic E-state index is 13.2. The van der Waals surface area contributed by atoms with Gasteiger partial charge in [0.1, 0.15) is 17.1 Å². The number of hydrogen-bond acceptors (Lipinski definition) is 8. The smallest absolute Gasteiger partial charge is 0.405 e. The van der Waals surface area contributed by atoms with Gasteiger partial charge in [-0.15, -0.1) is 13.2 Å². The van der Waals surface area contributed by atoms with Crippen LogP contribution in [0.3, 0.4) is 0 Å². The first-order valence-corrected chi connectivity index (χ1v) is 12.7. The molecule has 0 bridgehead atoms. The number of carbonyl (C=O) groups excluding carboxylic acids is 1. The molecule has 0 aliphatic carbocycles. The van der Waals surface area contributed by atoms with Gasteiger partial charge in [0.25, 0.3) is 5.91 Å². The van der Waals surface area contributed by atoms with Crippen molar-refractivity contribution in [1.29, 1.82) is 0 Å². The Balaban J connectivity index is 1.34. The third-order valence-corrected chi connectivity index (χ3v) is 6.56. The molecule has 41 heavy (non-hydrogen) atoms. The Morgan fingerprint density at radius 2 is 1.88 bits per heavy atom. The number of hydrogen-bond donors (Lipinski definition) is 2. The van der Waals surface area contributed by atoms with Gasteiger partial charge < -0.3 is 20.7 Å². The molecule has 3 aromatic heterocycles. The van der Waals surface area contributed by atoms with Crippen molar-refractivity contribution in [3.8, 4) is 17.6 Å². The van der Waals surface area contributed by atoms with E-state index in [1.54, 1.807) is 24.5 Å². The van der Waals surface area contributed by atoms with Crippen LogP contribution >= 0.6 is 0 Å². The largest absolute Gasteiger partial charge is 0.573 e. The molecule has 1 saturated heterocycles. The Labute approximate surface area is 234 Å². The van der Waals surface area contributed by atoms with E-state index >= 15 is 0 Å². The second kappa shape index (κ2) is 11.8. The minimum Gasteiger partial charge on any atom is -0.405 e. The minimum absolute atomic E-state index is 0.153. The number of nitrogens with zero attached hydrogens (tertiary/aromatic N) is 5. The van der Waals surface area contributed by atoms with Crippen LogP contribution in [0.4, 0.5) is 24.7 Å². The summed E-state index contributed by atoms with van der Waals surface area (Å²) in [6.45, 7) is 3.41. The van der Waals surface area contributed by atoms with Crippen LogP contribution in [0.1, 0.15) is 27.0 Å². The summed E-state index contributed by atoms with van der Waals surface area (Å²) in [6, 6.07) is 9.41. The third kappa shape index (κ3) is 7.08. The zero-order valence-electron chi connectivity index (χ0n) is 22.1. The van der Waals surface area contributed by atoms with E-state index in [0.29, 0.717) is 34.6 Å². The molecule has 4 aromatic rings. The second-order valence-electron chi connectivity index (χ2n) is 9.57. The highest BCUT2D eigenvalue weighted by Gasteiger charge is 2.32. The van der Waals surface area contributed by atoms with Crippen molar-refractivity contribution in [3.63, 3.8) is 0 Å². The van der Waals surface area contributed by atoms with Crippen molar-refractivity contribution >= 4 is 28.3 Å². The fourth-order valence-corrected chi connectivity index (χ4v) is 4.40. The Kier molecular flexibility index (Phi) is 8.00. The number of alkyl halides is 3. The maximum absolute atomic E-state index is 13.2. The number of fused-ring (bicyclic) bond motifs is 1. The van der Waals surface area contributed by atoms with E-state index in [1.165, 1.54) is 30.6 Å². The van der Waals surface area contributed by atoms with Crippen LogP contribution in [-0.4, -0.2) is 70.2 Å². The number of anilines is 2. The van der Waals surface area contributed by atoms with E-state index in [1.807, 2.05) is 13.1 Å². The molecular weight excluding hydrogens is 535 g/mol. The quantitative estimate of drug-likeness (QED) is 0.353. The number of piperazine rings is 1. The molecular formula is C29H26F3N7O2. The zero-order valence-corrected chi connectivity index (χ0v) is 22.1. The summed E-state index contributed by atoms with van der Waals surface area (Å²) in [4.78, 5) is 29.7. The second-order valence-corrected chi connectivity index (χ2v) is 9.57. The van der Waals surface area contributed by atoms with Gasteiger partial charge in [-0.3, -0.25) is 19.7 Å². The van der Waals surface area contributed by atoms with E-state index < -0.39 is 12.3 Å². The van der Waals surface area contributed by atoms with Crippen LogP contribution in [0.5, 0.6) is 5.75 Å². The number of likely N-dealkylation sites (N-methyl/N-ethyl adjacent to an activating group) is 1. The van der Waals surface area contributed by atoms with Crippen molar-refractivity contribution in [2.45, 2.75) is 12.9 Å². The summed E-state index contributed by atoms with van der Waals surface area (Å²) in [5.74, 6) is 5.35. The van der Waals surface area contributed by atoms with Gasteiger partial charge in [0, 0.05) is 85.8 Å². The molecule has 5 rings (SSSR count). The van der Waals surface area contributed by atoms with Crippen molar-refractivity contribution in [1.82, 2.24) is 24.8 Å². The number of nitrogen functional groups attached to an aromatic ring is 1. The number of nitrogens with one attached hydrogen (secondary N) is 1. The number of ether oxygens (including phenoxy) is 1. The molecule has 1 amide bonds. The summed E-state index contributed by atoms with van der Waals surface area (Å²) in [6.07, 6.45) is 1.13. The van der Waals surface area contributed by atoms with E-state index in [4.69, 9.17) is 5.73 Å². The van der Waals surface area contributed by atoms with Gasteiger partial charge in [-0.05, 0) is 31.3 Å². The zero-order chi connectivity index (χ0) is 29.0. The van der Waals surface area contributed by atoms with E-state index in [9.17, 15) is 18.0 Å². The maximum Gasteiger partial charge on any atom is 0.573 e. The standard InChI is InChI=1S/C29H26F3N7O2/c1-38-9-11-39(12-10-38)18-21-6-7-23(14-25(21)41-29(30,31)32)37-28(40)22-13-19(15-34-16-22)4-5-20-17-36-27(33)26-24(20)3-2-8-35-26/h2-3,6-8,13-17H,9-12,18H2,1H3,(H2,33,36)(H,37,40).